The van der Waals surface area contributed by atoms with E-state index in [0.717, 1.165) is 37.1 Å². The zero-order chi connectivity index (χ0) is 14.4. The molecule has 1 heterocycles. The summed E-state index contributed by atoms with van der Waals surface area (Å²) in [6.45, 7) is 0.320. The Morgan fingerprint density at radius 1 is 1.40 bits per heavy atom. The van der Waals surface area contributed by atoms with Crippen LogP contribution >= 0.6 is 11.3 Å². The van der Waals surface area contributed by atoms with Gasteiger partial charge in [-0.2, -0.15) is 0 Å². The molecule has 1 aromatic heterocycles. The average molecular weight is 297 g/mol. The lowest BCUT2D eigenvalue weighted by molar-refractivity contribution is -0.141. The lowest BCUT2D eigenvalue weighted by Crippen LogP contribution is -2.50. The van der Waals surface area contributed by atoms with Crippen LogP contribution in [-0.2, 0) is 11.3 Å². The van der Waals surface area contributed by atoms with Crippen molar-refractivity contribution in [3.05, 3.63) is 16.6 Å². The predicted octanol–water partition coefficient (Wildman–Crippen LogP) is 1.98. The second-order valence-electron chi connectivity index (χ2n) is 4.97. The number of amides is 2. The van der Waals surface area contributed by atoms with Gasteiger partial charge >= 0.3 is 12.0 Å². The maximum Gasteiger partial charge on any atom is 0.326 e. The predicted molar refractivity (Wildman–Crippen MR) is 75.5 cm³/mol. The summed E-state index contributed by atoms with van der Waals surface area (Å²) in [6, 6.07) is -1.25. The molecule has 0 aliphatic heterocycles. The highest BCUT2D eigenvalue weighted by Crippen LogP contribution is 2.26. The first kappa shape index (κ1) is 14.8. The topological polar surface area (TPSA) is 91.3 Å². The molecule has 1 fully saturated rings. The Kier molecular flexibility index (Phi) is 5.34. The van der Waals surface area contributed by atoms with Gasteiger partial charge in [-0.05, 0) is 18.8 Å². The van der Waals surface area contributed by atoms with Crippen LogP contribution in [0.4, 0.5) is 4.79 Å². The van der Waals surface area contributed by atoms with E-state index in [1.807, 2.05) is 5.38 Å². The van der Waals surface area contributed by atoms with Gasteiger partial charge < -0.3 is 15.7 Å². The number of thiazole rings is 1. The van der Waals surface area contributed by atoms with Crippen molar-refractivity contribution in [2.75, 3.05) is 0 Å². The third kappa shape index (κ3) is 4.19. The van der Waals surface area contributed by atoms with Crippen LogP contribution in [0, 0.1) is 5.92 Å². The van der Waals surface area contributed by atoms with Crippen LogP contribution in [0.5, 0.6) is 0 Å². The molecule has 2 amide bonds. The van der Waals surface area contributed by atoms with Crippen LogP contribution in [-0.4, -0.2) is 28.1 Å². The van der Waals surface area contributed by atoms with Crippen LogP contribution in [0.25, 0.3) is 0 Å². The Hall–Kier alpha value is -1.63. The lowest BCUT2D eigenvalue weighted by Gasteiger charge is -2.27. The van der Waals surface area contributed by atoms with Crippen molar-refractivity contribution in [2.45, 2.75) is 44.7 Å². The molecule has 0 saturated heterocycles. The zero-order valence-electron chi connectivity index (χ0n) is 11.2. The Morgan fingerprint density at radius 2 is 2.15 bits per heavy atom. The number of carboxylic acid groups (broad SMARTS) is 1. The molecule has 0 radical (unpaired) electrons. The van der Waals surface area contributed by atoms with Crippen molar-refractivity contribution in [1.29, 1.82) is 0 Å². The molecular formula is C13H19N3O3S. The highest BCUT2D eigenvalue weighted by molar-refractivity contribution is 7.09. The summed E-state index contributed by atoms with van der Waals surface area (Å²) in [5, 5.41) is 17.1. The molecule has 1 atom stereocenters. The van der Waals surface area contributed by atoms with E-state index >= 15 is 0 Å². The number of aromatic nitrogens is 1. The van der Waals surface area contributed by atoms with Gasteiger partial charge in [0, 0.05) is 11.6 Å². The number of urea groups is 1. The number of rotatable bonds is 5. The van der Waals surface area contributed by atoms with Crippen LogP contribution in [0.3, 0.4) is 0 Å². The van der Waals surface area contributed by atoms with E-state index in [2.05, 4.69) is 15.6 Å². The number of hydrogen-bond donors (Lipinski definition) is 3. The van der Waals surface area contributed by atoms with E-state index in [9.17, 15) is 14.7 Å². The normalized spacial score (nSPS) is 17.4. The summed E-state index contributed by atoms with van der Waals surface area (Å²) < 4.78 is 0. The summed E-state index contributed by atoms with van der Waals surface area (Å²) in [4.78, 5) is 27.2. The maximum atomic E-state index is 11.8. The molecule has 0 aromatic carbocycles. The Balaban J connectivity index is 1.83. The molecule has 110 valence electrons. The standard InChI is InChI=1S/C13H19N3O3S/c17-12(18)11(9-4-2-1-3-5-9)16-13(19)15-8-10-14-6-7-20-10/h6-7,9,11H,1-5,8H2,(H,17,18)(H2,15,16,19). The van der Waals surface area contributed by atoms with Gasteiger partial charge in [-0.15, -0.1) is 11.3 Å². The lowest BCUT2D eigenvalue weighted by atomic mass is 9.84. The fourth-order valence-corrected chi connectivity index (χ4v) is 3.09. The van der Waals surface area contributed by atoms with Gasteiger partial charge in [-0.1, -0.05) is 19.3 Å². The van der Waals surface area contributed by atoms with Crippen molar-refractivity contribution >= 4 is 23.3 Å². The summed E-state index contributed by atoms with van der Waals surface area (Å²) in [5.41, 5.74) is 0. The highest BCUT2D eigenvalue weighted by atomic mass is 32.1. The monoisotopic (exact) mass is 297 g/mol. The number of nitrogens with zero attached hydrogens (tertiary/aromatic N) is 1. The fraction of sp³-hybridized carbons (Fsp3) is 0.615. The van der Waals surface area contributed by atoms with Crippen LogP contribution in [0.2, 0.25) is 0 Å². The van der Waals surface area contributed by atoms with Gasteiger partial charge in [0.25, 0.3) is 0 Å². The average Bonchev–Trinajstić information content (AvgIpc) is 2.96. The second kappa shape index (κ2) is 7.23. The van der Waals surface area contributed by atoms with E-state index in [4.69, 9.17) is 0 Å². The summed E-state index contributed by atoms with van der Waals surface area (Å²) in [5.74, 6) is -0.923. The van der Waals surface area contributed by atoms with Gasteiger partial charge in [0.1, 0.15) is 11.0 Å². The minimum absolute atomic E-state index is 0.0341. The zero-order valence-corrected chi connectivity index (χ0v) is 12.0. The van der Waals surface area contributed by atoms with Crippen molar-refractivity contribution in [3.8, 4) is 0 Å². The molecule has 0 spiro atoms. The van der Waals surface area contributed by atoms with Crippen molar-refractivity contribution in [1.82, 2.24) is 15.6 Å². The highest BCUT2D eigenvalue weighted by Gasteiger charge is 2.30. The second-order valence-corrected chi connectivity index (χ2v) is 5.95. The molecule has 1 unspecified atom stereocenters. The molecule has 2 rings (SSSR count). The molecule has 0 bridgehead atoms. The van der Waals surface area contributed by atoms with Crippen LogP contribution in [0.1, 0.15) is 37.1 Å². The Bertz CT molecular complexity index is 444. The molecule has 1 aliphatic carbocycles. The van der Waals surface area contributed by atoms with Crippen LogP contribution in [0.15, 0.2) is 11.6 Å². The minimum atomic E-state index is -0.957. The van der Waals surface area contributed by atoms with E-state index in [-0.39, 0.29) is 5.92 Å². The molecule has 20 heavy (non-hydrogen) atoms. The Morgan fingerprint density at radius 3 is 2.75 bits per heavy atom. The molecular weight excluding hydrogens is 278 g/mol. The number of aliphatic carboxylic acids is 1. The van der Waals surface area contributed by atoms with Crippen molar-refractivity contribution in [2.24, 2.45) is 5.92 Å². The quantitative estimate of drug-likeness (QED) is 0.775. The number of carboxylic acids is 1. The van der Waals surface area contributed by atoms with E-state index in [0.29, 0.717) is 6.54 Å². The largest absolute Gasteiger partial charge is 0.480 e. The first-order valence-electron chi connectivity index (χ1n) is 6.82. The van der Waals surface area contributed by atoms with E-state index in [1.54, 1.807) is 6.20 Å². The van der Waals surface area contributed by atoms with Crippen molar-refractivity contribution < 1.29 is 14.7 Å². The molecule has 3 N–H and O–H groups in total. The van der Waals surface area contributed by atoms with E-state index < -0.39 is 18.0 Å². The summed E-state index contributed by atoms with van der Waals surface area (Å²) in [6.07, 6.45) is 6.63. The molecule has 1 aromatic rings. The van der Waals surface area contributed by atoms with Gasteiger partial charge in [0.2, 0.25) is 0 Å². The number of carbonyl (C=O) groups is 2. The minimum Gasteiger partial charge on any atom is -0.480 e. The Labute approximate surface area is 121 Å². The number of nitrogens with one attached hydrogen (secondary N) is 2. The van der Waals surface area contributed by atoms with Gasteiger partial charge in [0.15, 0.2) is 0 Å². The molecule has 1 aliphatic rings. The molecule has 6 nitrogen and oxygen atoms in total. The number of hydrogen-bond acceptors (Lipinski definition) is 4. The third-order valence-electron chi connectivity index (χ3n) is 3.56. The van der Waals surface area contributed by atoms with Crippen molar-refractivity contribution in [3.63, 3.8) is 0 Å². The summed E-state index contributed by atoms with van der Waals surface area (Å²) >= 11 is 1.45. The maximum absolute atomic E-state index is 11.8. The van der Waals surface area contributed by atoms with Gasteiger partial charge in [-0.25, -0.2) is 14.6 Å². The van der Waals surface area contributed by atoms with Gasteiger partial charge in [-0.3, -0.25) is 0 Å². The third-order valence-corrected chi connectivity index (χ3v) is 4.34. The summed E-state index contributed by atoms with van der Waals surface area (Å²) in [7, 11) is 0. The van der Waals surface area contributed by atoms with Gasteiger partial charge in [0.05, 0.1) is 6.54 Å². The van der Waals surface area contributed by atoms with Crippen LogP contribution < -0.4 is 10.6 Å². The SMILES string of the molecule is O=C(NCc1nccs1)NC(C(=O)O)C1CCCCC1. The first-order valence-corrected chi connectivity index (χ1v) is 7.70. The molecule has 7 heteroatoms. The first-order chi connectivity index (χ1) is 9.66. The molecule has 1 saturated carbocycles. The number of carbonyl (C=O) groups excluding carboxylic acids is 1. The smallest absolute Gasteiger partial charge is 0.326 e. The van der Waals surface area contributed by atoms with E-state index in [1.165, 1.54) is 11.3 Å². The fourth-order valence-electron chi connectivity index (χ4n) is 2.54.